The minimum atomic E-state index is -0.296. The predicted octanol–water partition coefficient (Wildman–Crippen LogP) is 3.87. The fourth-order valence-corrected chi connectivity index (χ4v) is 2.96. The molecular formula is C15H28N2. The van der Waals surface area contributed by atoms with Crippen LogP contribution in [0.5, 0.6) is 0 Å². The van der Waals surface area contributed by atoms with Gasteiger partial charge in [0, 0.05) is 5.54 Å². The second-order valence-corrected chi connectivity index (χ2v) is 7.35. The average Bonchev–Trinajstić information content (AvgIpc) is 2.61. The van der Waals surface area contributed by atoms with E-state index in [9.17, 15) is 5.26 Å². The van der Waals surface area contributed by atoms with Gasteiger partial charge in [0.25, 0.3) is 0 Å². The van der Waals surface area contributed by atoms with Crippen LogP contribution in [-0.4, -0.2) is 11.1 Å². The molecule has 17 heavy (non-hydrogen) atoms. The van der Waals surface area contributed by atoms with Crippen molar-refractivity contribution in [2.45, 2.75) is 78.3 Å². The standard InChI is InChI=1S/C15H28N2/c1-7-14(5,6)12-8-9-15(10-12,11-16)17-13(2,3)4/h12,17H,7-10H2,1-6H3. The Morgan fingerprint density at radius 1 is 1.29 bits per heavy atom. The zero-order valence-electron chi connectivity index (χ0n) is 12.4. The Balaban J connectivity index is 2.79. The molecule has 1 aliphatic carbocycles. The molecule has 0 aromatic heterocycles. The molecule has 98 valence electrons. The SMILES string of the molecule is CCC(C)(C)C1CCC(C#N)(NC(C)(C)C)C1. The summed E-state index contributed by atoms with van der Waals surface area (Å²) in [5.74, 6) is 0.669. The van der Waals surface area contributed by atoms with Crippen molar-refractivity contribution in [2.75, 3.05) is 0 Å². The quantitative estimate of drug-likeness (QED) is 0.807. The number of nitrogens with one attached hydrogen (secondary N) is 1. The molecule has 0 heterocycles. The summed E-state index contributed by atoms with van der Waals surface area (Å²) in [5, 5.41) is 13.1. The van der Waals surface area contributed by atoms with E-state index in [0.717, 1.165) is 12.8 Å². The largest absolute Gasteiger partial charge is 0.295 e. The molecule has 1 rings (SSSR count). The van der Waals surface area contributed by atoms with Gasteiger partial charge in [0.1, 0.15) is 5.54 Å². The van der Waals surface area contributed by atoms with Crippen LogP contribution in [0.2, 0.25) is 0 Å². The van der Waals surface area contributed by atoms with Gasteiger partial charge >= 0.3 is 0 Å². The van der Waals surface area contributed by atoms with Crippen molar-refractivity contribution in [1.29, 1.82) is 5.26 Å². The van der Waals surface area contributed by atoms with Crippen molar-refractivity contribution in [3.8, 4) is 6.07 Å². The Hall–Kier alpha value is -0.550. The smallest absolute Gasteiger partial charge is 0.107 e. The molecule has 1 fully saturated rings. The van der Waals surface area contributed by atoms with Crippen LogP contribution in [0.15, 0.2) is 0 Å². The Morgan fingerprint density at radius 2 is 1.88 bits per heavy atom. The number of rotatable bonds is 3. The monoisotopic (exact) mass is 236 g/mol. The zero-order chi connectivity index (χ0) is 13.3. The highest BCUT2D eigenvalue weighted by Gasteiger charge is 2.45. The molecule has 0 aromatic rings. The lowest BCUT2D eigenvalue weighted by Crippen LogP contribution is -2.52. The zero-order valence-corrected chi connectivity index (χ0v) is 12.4. The summed E-state index contributed by atoms with van der Waals surface area (Å²) < 4.78 is 0. The molecule has 2 heteroatoms. The minimum Gasteiger partial charge on any atom is -0.295 e. The van der Waals surface area contributed by atoms with Crippen LogP contribution in [-0.2, 0) is 0 Å². The van der Waals surface area contributed by atoms with Crippen molar-refractivity contribution in [2.24, 2.45) is 11.3 Å². The molecule has 0 aliphatic heterocycles. The molecule has 2 atom stereocenters. The van der Waals surface area contributed by atoms with Crippen LogP contribution >= 0.6 is 0 Å². The maximum absolute atomic E-state index is 9.52. The number of hydrogen-bond donors (Lipinski definition) is 1. The van der Waals surface area contributed by atoms with E-state index in [2.05, 4.69) is 52.9 Å². The lowest BCUT2D eigenvalue weighted by molar-refractivity contribution is 0.192. The van der Waals surface area contributed by atoms with Gasteiger partial charge in [-0.05, 0) is 51.4 Å². The van der Waals surface area contributed by atoms with Crippen molar-refractivity contribution in [3.63, 3.8) is 0 Å². The molecule has 1 saturated carbocycles. The maximum atomic E-state index is 9.52. The number of hydrogen-bond acceptors (Lipinski definition) is 2. The second kappa shape index (κ2) is 4.61. The first kappa shape index (κ1) is 14.5. The topological polar surface area (TPSA) is 35.8 Å². The normalized spacial score (nSPS) is 30.3. The molecule has 0 aromatic carbocycles. The Kier molecular flexibility index (Phi) is 3.94. The fourth-order valence-electron chi connectivity index (χ4n) is 2.96. The predicted molar refractivity (Wildman–Crippen MR) is 72.6 cm³/mol. The third kappa shape index (κ3) is 3.45. The Bertz CT molecular complexity index is 306. The third-order valence-corrected chi connectivity index (χ3v) is 4.36. The Morgan fingerprint density at radius 3 is 2.29 bits per heavy atom. The van der Waals surface area contributed by atoms with Crippen LogP contribution in [0.1, 0.15) is 67.2 Å². The van der Waals surface area contributed by atoms with Gasteiger partial charge in [-0.1, -0.05) is 27.2 Å². The number of nitrogens with zero attached hydrogens (tertiary/aromatic N) is 1. The van der Waals surface area contributed by atoms with Gasteiger partial charge < -0.3 is 0 Å². The van der Waals surface area contributed by atoms with Crippen LogP contribution in [0.25, 0.3) is 0 Å². The lowest BCUT2D eigenvalue weighted by Gasteiger charge is -2.35. The molecule has 2 unspecified atom stereocenters. The van der Waals surface area contributed by atoms with E-state index in [4.69, 9.17) is 0 Å². The van der Waals surface area contributed by atoms with Crippen molar-refractivity contribution in [3.05, 3.63) is 0 Å². The molecule has 1 N–H and O–H groups in total. The molecule has 0 radical (unpaired) electrons. The summed E-state index contributed by atoms with van der Waals surface area (Å²) in [4.78, 5) is 0. The van der Waals surface area contributed by atoms with Gasteiger partial charge in [0.2, 0.25) is 0 Å². The highest BCUT2D eigenvalue weighted by molar-refractivity contribution is 5.14. The Labute approximate surface area is 107 Å². The summed E-state index contributed by atoms with van der Waals surface area (Å²) >= 11 is 0. The molecule has 0 saturated heterocycles. The van der Waals surface area contributed by atoms with Crippen LogP contribution in [0.3, 0.4) is 0 Å². The van der Waals surface area contributed by atoms with Crippen LogP contribution < -0.4 is 5.32 Å². The highest BCUT2D eigenvalue weighted by atomic mass is 15.0. The van der Waals surface area contributed by atoms with Crippen molar-refractivity contribution >= 4 is 0 Å². The van der Waals surface area contributed by atoms with Crippen molar-refractivity contribution in [1.82, 2.24) is 5.32 Å². The van der Waals surface area contributed by atoms with E-state index in [1.165, 1.54) is 12.8 Å². The highest BCUT2D eigenvalue weighted by Crippen LogP contribution is 2.46. The summed E-state index contributed by atoms with van der Waals surface area (Å²) in [7, 11) is 0. The summed E-state index contributed by atoms with van der Waals surface area (Å²) in [6, 6.07) is 2.55. The van der Waals surface area contributed by atoms with Gasteiger partial charge in [0.15, 0.2) is 0 Å². The third-order valence-electron chi connectivity index (χ3n) is 4.36. The first-order valence-electron chi connectivity index (χ1n) is 6.85. The van der Waals surface area contributed by atoms with E-state index < -0.39 is 0 Å². The van der Waals surface area contributed by atoms with Gasteiger partial charge in [-0.3, -0.25) is 5.32 Å². The molecular weight excluding hydrogens is 208 g/mol. The van der Waals surface area contributed by atoms with E-state index in [-0.39, 0.29) is 11.1 Å². The summed E-state index contributed by atoms with van der Waals surface area (Å²) in [6.07, 6.45) is 4.36. The van der Waals surface area contributed by atoms with Crippen LogP contribution in [0, 0.1) is 22.7 Å². The molecule has 2 nitrogen and oxygen atoms in total. The average molecular weight is 236 g/mol. The van der Waals surface area contributed by atoms with Gasteiger partial charge in [0.05, 0.1) is 6.07 Å². The second-order valence-electron chi connectivity index (χ2n) is 7.35. The molecule has 0 bridgehead atoms. The van der Waals surface area contributed by atoms with E-state index in [1.807, 2.05) is 0 Å². The van der Waals surface area contributed by atoms with E-state index >= 15 is 0 Å². The van der Waals surface area contributed by atoms with E-state index in [0.29, 0.717) is 11.3 Å². The first-order valence-corrected chi connectivity index (χ1v) is 6.85. The fraction of sp³-hybridized carbons (Fsp3) is 0.933. The lowest BCUT2D eigenvalue weighted by atomic mass is 9.75. The van der Waals surface area contributed by atoms with E-state index in [1.54, 1.807) is 0 Å². The number of nitriles is 1. The summed E-state index contributed by atoms with van der Waals surface area (Å²) in [5.41, 5.74) is 0.0779. The van der Waals surface area contributed by atoms with Gasteiger partial charge in [-0.15, -0.1) is 0 Å². The summed E-state index contributed by atoms with van der Waals surface area (Å²) in [6.45, 7) is 13.4. The molecule has 1 aliphatic rings. The molecule has 0 amide bonds. The van der Waals surface area contributed by atoms with Gasteiger partial charge in [-0.25, -0.2) is 0 Å². The first-order chi connectivity index (χ1) is 7.64. The van der Waals surface area contributed by atoms with Gasteiger partial charge in [-0.2, -0.15) is 5.26 Å². The van der Waals surface area contributed by atoms with Crippen LogP contribution in [0.4, 0.5) is 0 Å². The minimum absolute atomic E-state index is 0.0149. The molecule has 0 spiro atoms. The van der Waals surface area contributed by atoms with Crippen molar-refractivity contribution < 1.29 is 0 Å². The maximum Gasteiger partial charge on any atom is 0.107 e.